The highest BCUT2D eigenvalue weighted by Crippen LogP contribution is 2.20. The lowest BCUT2D eigenvalue weighted by Gasteiger charge is -2.08. The topological polar surface area (TPSA) is 112 Å². The van der Waals surface area contributed by atoms with E-state index in [0.717, 1.165) is 5.69 Å². The summed E-state index contributed by atoms with van der Waals surface area (Å²) >= 11 is 0. The molecule has 0 aliphatic rings. The van der Waals surface area contributed by atoms with Crippen molar-refractivity contribution in [3.63, 3.8) is 0 Å². The van der Waals surface area contributed by atoms with Gasteiger partial charge in [0.2, 0.25) is 0 Å². The maximum atomic E-state index is 11.3. The van der Waals surface area contributed by atoms with Gasteiger partial charge in [-0.1, -0.05) is 0 Å². The number of aromatic nitrogens is 3. The van der Waals surface area contributed by atoms with Gasteiger partial charge in [0.1, 0.15) is 5.82 Å². The van der Waals surface area contributed by atoms with E-state index in [2.05, 4.69) is 15.4 Å². The Labute approximate surface area is 110 Å². The van der Waals surface area contributed by atoms with Crippen molar-refractivity contribution in [2.75, 3.05) is 11.1 Å². The van der Waals surface area contributed by atoms with Gasteiger partial charge in [0, 0.05) is 12.2 Å². The molecular weight excluding hydrogens is 244 g/mol. The molecule has 19 heavy (non-hydrogen) atoms. The smallest absolute Gasteiger partial charge is 0.252 e. The van der Waals surface area contributed by atoms with Crippen molar-refractivity contribution in [3.8, 4) is 0 Å². The highest BCUT2D eigenvalue weighted by atomic mass is 16.1. The standard InChI is InChI=1S/C12H16N6O/c1-7(2)18-6-9(5-16-18)17-12-10(11(14)19)3-8(13)4-15-12/h3-7H,13H2,1-2H3,(H2,14,19)(H,15,17). The van der Waals surface area contributed by atoms with Crippen LogP contribution < -0.4 is 16.8 Å². The van der Waals surface area contributed by atoms with Crippen molar-refractivity contribution in [1.82, 2.24) is 14.8 Å². The number of rotatable bonds is 4. The van der Waals surface area contributed by atoms with E-state index in [-0.39, 0.29) is 11.6 Å². The summed E-state index contributed by atoms with van der Waals surface area (Å²) in [4.78, 5) is 15.4. The van der Waals surface area contributed by atoms with Crippen molar-refractivity contribution < 1.29 is 4.79 Å². The Balaban J connectivity index is 2.29. The Bertz CT molecular complexity index is 604. The van der Waals surface area contributed by atoms with E-state index >= 15 is 0 Å². The first kappa shape index (κ1) is 12.9. The van der Waals surface area contributed by atoms with Crippen LogP contribution in [-0.4, -0.2) is 20.7 Å². The lowest BCUT2D eigenvalue weighted by molar-refractivity contribution is 0.100. The molecule has 0 bridgehead atoms. The minimum atomic E-state index is -0.585. The summed E-state index contributed by atoms with van der Waals surface area (Å²) < 4.78 is 1.80. The normalized spacial score (nSPS) is 10.7. The fourth-order valence-electron chi connectivity index (χ4n) is 1.59. The number of carbonyl (C=O) groups excluding carboxylic acids is 1. The molecular formula is C12H16N6O. The number of nitrogens with one attached hydrogen (secondary N) is 1. The maximum absolute atomic E-state index is 11.3. The quantitative estimate of drug-likeness (QED) is 0.766. The first-order valence-electron chi connectivity index (χ1n) is 5.84. The van der Waals surface area contributed by atoms with Crippen molar-refractivity contribution in [2.24, 2.45) is 5.73 Å². The summed E-state index contributed by atoms with van der Waals surface area (Å²) in [5.41, 5.74) is 12.2. The second kappa shape index (κ2) is 4.97. The molecule has 0 atom stereocenters. The summed E-state index contributed by atoms with van der Waals surface area (Å²) in [5.74, 6) is -0.219. The van der Waals surface area contributed by atoms with E-state index in [1.54, 1.807) is 10.9 Å². The molecule has 0 aromatic carbocycles. The molecule has 0 saturated heterocycles. The van der Waals surface area contributed by atoms with Crippen molar-refractivity contribution in [1.29, 1.82) is 0 Å². The predicted octanol–water partition coefficient (Wildman–Crippen LogP) is 1.28. The van der Waals surface area contributed by atoms with E-state index in [9.17, 15) is 4.79 Å². The average molecular weight is 260 g/mol. The molecule has 7 nitrogen and oxygen atoms in total. The number of pyridine rings is 1. The first-order chi connectivity index (χ1) is 8.97. The number of nitrogens with zero attached hydrogens (tertiary/aromatic N) is 3. The van der Waals surface area contributed by atoms with Crippen LogP contribution in [0.25, 0.3) is 0 Å². The Hall–Kier alpha value is -2.57. The van der Waals surface area contributed by atoms with E-state index < -0.39 is 5.91 Å². The van der Waals surface area contributed by atoms with Crippen LogP contribution >= 0.6 is 0 Å². The molecule has 0 radical (unpaired) electrons. The lowest BCUT2D eigenvalue weighted by Crippen LogP contribution is -2.14. The summed E-state index contributed by atoms with van der Waals surface area (Å²) in [5, 5.41) is 7.19. The third-order valence-corrected chi connectivity index (χ3v) is 2.57. The molecule has 0 aliphatic carbocycles. The number of hydrogen-bond donors (Lipinski definition) is 3. The molecule has 100 valence electrons. The number of carbonyl (C=O) groups is 1. The SMILES string of the molecule is CC(C)n1cc(Nc2ncc(N)cc2C(N)=O)cn1. The fourth-order valence-corrected chi connectivity index (χ4v) is 1.59. The largest absolute Gasteiger partial charge is 0.397 e. The van der Waals surface area contributed by atoms with Gasteiger partial charge in [-0.15, -0.1) is 0 Å². The zero-order chi connectivity index (χ0) is 14.0. The van der Waals surface area contributed by atoms with Crippen LogP contribution in [0.4, 0.5) is 17.2 Å². The summed E-state index contributed by atoms with van der Waals surface area (Å²) in [6.07, 6.45) is 4.94. The minimum absolute atomic E-state index is 0.247. The van der Waals surface area contributed by atoms with E-state index in [1.807, 2.05) is 20.0 Å². The number of amides is 1. The third kappa shape index (κ3) is 2.82. The molecule has 0 aliphatic heterocycles. The van der Waals surface area contributed by atoms with Crippen LogP contribution in [-0.2, 0) is 0 Å². The van der Waals surface area contributed by atoms with Gasteiger partial charge < -0.3 is 16.8 Å². The molecule has 0 unspecified atom stereocenters. The molecule has 7 heteroatoms. The molecule has 2 heterocycles. The van der Waals surface area contributed by atoms with Crippen LogP contribution in [0.5, 0.6) is 0 Å². The Kier molecular flexibility index (Phi) is 3.37. The molecule has 2 rings (SSSR count). The number of nitrogens with two attached hydrogens (primary N) is 2. The zero-order valence-electron chi connectivity index (χ0n) is 10.8. The van der Waals surface area contributed by atoms with Crippen molar-refractivity contribution in [3.05, 3.63) is 30.2 Å². The highest BCUT2D eigenvalue weighted by Gasteiger charge is 2.11. The zero-order valence-corrected chi connectivity index (χ0v) is 10.8. The summed E-state index contributed by atoms with van der Waals surface area (Å²) in [6, 6.07) is 1.75. The number of anilines is 3. The molecule has 2 aromatic rings. The first-order valence-corrected chi connectivity index (χ1v) is 5.84. The molecule has 5 N–H and O–H groups in total. The van der Waals surface area contributed by atoms with E-state index in [4.69, 9.17) is 11.5 Å². The van der Waals surface area contributed by atoms with Gasteiger partial charge in [0.25, 0.3) is 5.91 Å². The van der Waals surface area contributed by atoms with Gasteiger partial charge >= 0.3 is 0 Å². The molecule has 0 spiro atoms. The Morgan fingerprint density at radius 2 is 2.16 bits per heavy atom. The Morgan fingerprint density at radius 1 is 1.42 bits per heavy atom. The minimum Gasteiger partial charge on any atom is -0.397 e. The average Bonchev–Trinajstić information content (AvgIpc) is 2.80. The van der Waals surface area contributed by atoms with Crippen LogP contribution in [0, 0.1) is 0 Å². The molecule has 1 amide bonds. The second-order valence-electron chi connectivity index (χ2n) is 4.46. The number of nitrogen functional groups attached to an aromatic ring is 1. The van der Waals surface area contributed by atoms with Crippen LogP contribution in [0.15, 0.2) is 24.7 Å². The van der Waals surface area contributed by atoms with Crippen LogP contribution in [0.3, 0.4) is 0 Å². The van der Waals surface area contributed by atoms with E-state index in [1.165, 1.54) is 12.3 Å². The molecule has 0 fully saturated rings. The lowest BCUT2D eigenvalue weighted by atomic mass is 10.2. The summed E-state index contributed by atoms with van der Waals surface area (Å²) in [6.45, 7) is 4.04. The maximum Gasteiger partial charge on any atom is 0.252 e. The molecule has 2 aromatic heterocycles. The van der Waals surface area contributed by atoms with E-state index in [0.29, 0.717) is 11.5 Å². The van der Waals surface area contributed by atoms with Gasteiger partial charge in [-0.3, -0.25) is 9.48 Å². The van der Waals surface area contributed by atoms with Crippen LogP contribution in [0.1, 0.15) is 30.2 Å². The van der Waals surface area contributed by atoms with Gasteiger partial charge in [0.15, 0.2) is 0 Å². The van der Waals surface area contributed by atoms with Crippen molar-refractivity contribution >= 4 is 23.1 Å². The second-order valence-corrected chi connectivity index (χ2v) is 4.46. The van der Waals surface area contributed by atoms with Crippen LogP contribution in [0.2, 0.25) is 0 Å². The van der Waals surface area contributed by atoms with Gasteiger partial charge in [-0.25, -0.2) is 4.98 Å². The number of primary amides is 1. The van der Waals surface area contributed by atoms with Crippen molar-refractivity contribution in [2.45, 2.75) is 19.9 Å². The fraction of sp³-hybridized carbons (Fsp3) is 0.250. The van der Waals surface area contributed by atoms with Gasteiger partial charge in [-0.05, 0) is 19.9 Å². The highest BCUT2D eigenvalue weighted by molar-refractivity contribution is 5.98. The monoisotopic (exact) mass is 260 g/mol. The third-order valence-electron chi connectivity index (χ3n) is 2.57. The Morgan fingerprint density at radius 3 is 2.74 bits per heavy atom. The summed E-state index contributed by atoms with van der Waals surface area (Å²) in [7, 11) is 0. The predicted molar refractivity (Wildman–Crippen MR) is 73.1 cm³/mol. The molecule has 0 saturated carbocycles. The van der Waals surface area contributed by atoms with Gasteiger partial charge in [0.05, 0.1) is 29.3 Å². The number of hydrogen-bond acceptors (Lipinski definition) is 5. The van der Waals surface area contributed by atoms with Gasteiger partial charge in [-0.2, -0.15) is 5.10 Å².